The van der Waals surface area contributed by atoms with Crippen LogP contribution in [0.5, 0.6) is 0 Å². The molecule has 0 radical (unpaired) electrons. The molecule has 1 amide bonds. The summed E-state index contributed by atoms with van der Waals surface area (Å²) in [6.07, 6.45) is 0. The Bertz CT molecular complexity index is 1310. The molecular formula is C25H22Cl2N4O2S. The first-order chi connectivity index (χ1) is 16.5. The summed E-state index contributed by atoms with van der Waals surface area (Å²) < 4.78 is 5.38. The van der Waals surface area contributed by atoms with Gasteiger partial charge in [0.25, 0.3) is 5.91 Å². The molecular weight excluding hydrogens is 491 g/mol. The molecule has 1 fully saturated rings. The van der Waals surface area contributed by atoms with Gasteiger partial charge in [0.2, 0.25) is 0 Å². The van der Waals surface area contributed by atoms with Crippen LogP contribution in [0.4, 0.5) is 0 Å². The third-order valence-corrected chi connectivity index (χ3v) is 7.42. The van der Waals surface area contributed by atoms with E-state index in [9.17, 15) is 4.79 Å². The summed E-state index contributed by atoms with van der Waals surface area (Å²) >= 11 is 14.0. The molecule has 5 rings (SSSR count). The lowest BCUT2D eigenvalue weighted by molar-refractivity contribution is 0.0626. The lowest BCUT2D eigenvalue weighted by Gasteiger charge is -2.34. The van der Waals surface area contributed by atoms with Gasteiger partial charge in [-0.1, -0.05) is 58.7 Å². The average Bonchev–Trinajstić information content (AvgIpc) is 3.46. The van der Waals surface area contributed by atoms with Crippen molar-refractivity contribution >= 4 is 40.4 Å². The highest BCUT2D eigenvalue weighted by molar-refractivity contribution is 7.13. The normalized spacial score (nSPS) is 14.5. The molecule has 4 aromatic rings. The monoisotopic (exact) mass is 512 g/mol. The van der Waals surface area contributed by atoms with Gasteiger partial charge in [-0.05, 0) is 25.1 Å². The van der Waals surface area contributed by atoms with Crippen molar-refractivity contribution < 1.29 is 9.32 Å². The molecule has 0 saturated carbocycles. The Balaban J connectivity index is 1.23. The van der Waals surface area contributed by atoms with Crippen LogP contribution in [0.25, 0.3) is 21.8 Å². The fraction of sp³-hybridized carbons (Fsp3) is 0.240. The van der Waals surface area contributed by atoms with Crippen LogP contribution in [0.3, 0.4) is 0 Å². The number of carbonyl (C=O) groups is 1. The van der Waals surface area contributed by atoms with E-state index in [0.717, 1.165) is 35.9 Å². The van der Waals surface area contributed by atoms with Crippen molar-refractivity contribution in [3.63, 3.8) is 0 Å². The van der Waals surface area contributed by atoms with Crippen LogP contribution in [-0.4, -0.2) is 52.0 Å². The molecule has 0 N–H and O–H groups in total. The molecule has 2 aromatic heterocycles. The van der Waals surface area contributed by atoms with Crippen LogP contribution in [0.2, 0.25) is 10.0 Å². The Hall–Kier alpha value is -2.71. The first-order valence-electron chi connectivity index (χ1n) is 10.9. The van der Waals surface area contributed by atoms with Crippen molar-refractivity contribution in [3.05, 3.63) is 81.0 Å². The van der Waals surface area contributed by atoms with Crippen LogP contribution in [0.1, 0.15) is 21.8 Å². The molecule has 9 heteroatoms. The predicted molar refractivity (Wildman–Crippen MR) is 135 cm³/mol. The standard InChI is InChI=1S/C25H22Cl2N4O2S/c1-16-22(23(29-33-16)20-4-2-3-5-21(20)27)25(32)31-12-10-30(11-13-31)14-19-15-34-24(28-19)17-6-8-18(26)9-7-17/h2-9,15H,10-14H2,1H3. The highest BCUT2D eigenvalue weighted by Gasteiger charge is 2.29. The van der Waals surface area contributed by atoms with E-state index in [4.69, 9.17) is 32.7 Å². The van der Waals surface area contributed by atoms with Gasteiger partial charge < -0.3 is 9.42 Å². The van der Waals surface area contributed by atoms with Gasteiger partial charge in [0.15, 0.2) is 0 Å². The molecule has 1 saturated heterocycles. The quantitative estimate of drug-likeness (QED) is 0.326. The largest absolute Gasteiger partial charge is 0.360 e. The number of hydrogen-bond donors (Lipinski definition) is 0. The topological polar surface area (TPSA) is 62.5 Å². The second kappa shape index (κ2) is 9.88. The number of halogens is 2. The smallest absolute Gasteiger partial charge is 0.259 e. The number of aromatic nitrogens is 2. The summed E-state index contributed by atoms with van der Waals surface area (Å²) in [7, 11) is 0. The molecule has 174 valence electrons. The lowest BCUT2D eigenvalue weighted by atomic mass is 10.0. The SMILES string of the molecule is Cc1onc(-c2ccccc2Cl)c1C(=O)N1CCN(Cc2csc(-c3ccc(Cl)cc3)n2)CC1. The van der Waals surface area contributed by atoms with Crippen molar-refractivity contribution in [1.82, 2.24) is 19.9 Å². The lowest BCUT2D eigenvalue weighted by Crippen LogP contribution is -2.48. The van der Waals surface area contributed by atoms with E-state index < -0.39 is 0 Å². The number of carbonyl (C=O) groups excluding carboxylic acids is 1. The van der Waals surface area contributed by atoms with E-state index in [1.54, 1.807) is 24.3 Å². The maximum Gasteiger partial charge on any atom is 0.259 e. The minimum absolute atomic E-state index is 0.0768. The van der Waals surface area contributed by atoms with Gasteiger partial charge in [0.05, 0.1) is 10.7 Å². The van der Waals surface area contributed by atoms with Gasteiger partial charge >= 0.3 is 0 Å². The molecule has 0 aliphatic carbocycles. The third-order valence-electron chi connectivity index (χ3n) is 5.89. The summed E-state index contributed by atoms with van der Waals surface area (Å²) in [5.74, 6) is 0.423. The summed E-state index contributed by atoms with van der Waals surface area (Å²) in [5.41, 5.74) is 3.77. The Labute approximate surface area is 211 Å². The summed E-state index contributed by atoms with van der Waals surface area (Å²) in [6.45, 7) is 5.30. The molecule has 0 spiro atoms. The second-order valence-electron chi connectivity index (χ2n) is 8.16. The zero-order valence-electron chi connectivity index (χ0n) is 18.5. The van der Waals surface area contributed by atoms with Gasteiger partial charge in [0.1, 0.15) is 22.0 Å². The van der Waals surface area contributed by atoms with Gasteiger partial charge in [0, 0.05) is 54.3 Å². The Kier molecular flexibility index (Phi) is 6.70. The zero-order valence-corrected chi connectivity index (χ0v) is 20.8. The summed E-state index contributed by atoms with van der Waals surface area (Å²) in [4.78, 5) is 22.3. The predicted octanol–water partition coefficient (Wildman–Crippen LogP) is 6.04. The minimum atomic E-state index is -0.0768. The van der Waals surface area contributed by atoms with Gasteiger partial charge in [-0.15, -0.1) is 11.3 Å². The molecule has 0 bridgehead atoms. The Morgan fingerprint density at radius 3 is 2.53 bits per heavy atom. The molecule has 1 aliphatic heterocycles. The van der Waals surface area contributed by atoms with Crippen molar-refractivity contribution in [2.75, 3.05) is 26.2 Å². The van der Waals surface area contributed by atoms with Crippen LogP contribution in [0.15, 0.2) is 58.4 Å². The first-order valence-corrected chi connectivity index (χ1v) is 12.6. The van der Waals surface area contributed by atoms with E-state index in [1.165, 1.54) is 0 Å². The number of nitrogens with zero attached hydrogens (tertiary/aromatic N) is 4. The number of aryl methyl sites for hydroxylation is 1. The maximum absolute atomic E-state index is 13.4. The van der Waals surface area contributed by atoms with E-state index in [2.05, 4.69) is 15.4 Å². The van der Waals surface area contributed by atoms with Crippen LogP contribution >= 0.6 is 34.5 Å². The summed E-state index contributed by atoms with van der Waals surface area (Å²) in [5, 5.41) is 8.46. The maximum atomic E-state index is 13.4. The van der Waals surface area contributed by atoms with Gasteiger partial charge in [-0.2, -0.15) is 0 Å². The van der Waals surface area contributed by atoms with E-state index in [1.807, 2.05) is 47.4 Å². The van der Waals surface area contributed by atoms with Crippen molar-refractivity contribution in [3.8, 4) is 21.8 Å². The molecule has 34 heavy (non-hydrogen) atoms. The first kappa shape index (κ1) is 23.1. The van der Waals surface area contributed by atoms with E-state index in [0.29, 0.717) is 45.7 Å². The molecule has 1 aliphatic rings. The van der Waals surface area contributed by atoms with Crippen molar-refractivity contribution in [2.45, 2.75) is 13.5 Å². The van der Waals surface area contributed by atoms with Crippen LogP contribution in [-0.2, 0) is 6.54 Å². The van der Waals surface area contributed by atoms with Crippen molar-refractivity contribution in [2.24, 2.45) is 0 Å². The average molecular weight is 513 g/mol. The van der Waals surface area contributed by atoms with E-state index in [-0.39, 0.29) is 5.91 Å². The second-order valence-corrected chi connectivity index (χ2v) is 9.86. The fourth-order valence-electron chi connectivity index (χ4n) is 4.06. The zero-order chi connectivity index (χ0) is 23.7. The Morgan fingerprint density at radius 2 is 1.79 bits per heavy atom. The Morgan fingerprint density at radius 1 is 1.06 bits per heavy atom. The highest BCUT2D eigenvalue weighted by Crippen LogP contribution is 2.32. The van der Waals surface area contributed by atoms with E-state index >= 15 is 0 Å². The van der Waals surface area contributed by atoms with Crippen LogP contribution in [0, 0.1) is 6.92 Å². The number of rotatable bonds is 5. The molecule has 0 unspecified atom stereocenters. The molecule has 3 heterocycles. The molecule has 2 aromatic carbocycles. The number of hydrogen-bond acceptors (Lipinski definition) is 6. The van der Waals surface area contributed by atoms with Crippen LogP contribution < -0.4 is 0 Å². The fourth-order valence-corrected chi connectivity index (χ4v) is 5.23. The molecule has 6 nitrogen and oxygen atoms in total. The molecule has 0 atom stereocenters. The van der Waals surface area contributed by atoms with Gasteiger partial charge in [-0.25, -0.2) is 4.98 Å². The number of thiazole rings is 1. The summed E-state index contributed by atoms with van der Waals surface area (Å²) in [6, 6.07) is 15.1. The highest BCUT2D eigenvalue weighted by atomic mass is 35.5. The number of benzene rings is 2. The number of amides is 1. The van der Waals surface area contributed by atoms with Crippen molar-refractivity contribution in [1.29, 1.82) is 0 Å². The third kappa shape index (κ3) is 4.74. The minimum Gasteiger partial charge on any atom is -0.360 e. The van der Waals surface area contributed by atoms with Gasteiger partial charge in [-0.3, -0.25) is 9.69 Å². The number of piperazine rings is 1.